The minimum Gasteiger partial charge on any atom is -0.348 e. The van der Waals surface area contributed by atoms with Crippen LogP contribution in [0.3, 0.4) is 0 Å². The van der Waals surface area contributed by atoms with Gasteiger partial charge in [-0.3, -0.25) is 0 Å². The lowest BCUT2D eigenvalue weighted by Gasteiger charge is -2.36. The fourth-order valence-corrected chi connectivity index (χ4v) is 3.45. The van der Waals surface area contributed by atoms with Crippen molar-refractivity contribution in [3.8, 4) is 0 Å². The number of nitrogens with one attached hydrogen (secondary N) is 1. The molecule has 2 unspecified atom stereocenters. The first-order valence-electron chi connectivity index (χ1n) is 6.46. The summed E-state index contributed by atoms with van der Waals surface area (Å²) < 4.78 is 0. The third-order valence-corrected chi connectivity index (χ3v) is 4.07. The van der Waals surface area contributed by atoms with Crippen LogP contribution in [-0.4, -0.2) is 23.1 Å². The largest absolute Gasteiger partial charge is 0.348 e. The summed E-state index contributed by atoms with van der Waals surface area (Å²) in [5, 5.41) is 5.19. The molecule has 0 aliphatic carbocycles. The molecule has 1 aliphatic heterocycles. The smallest absolute Gasteiger partial charge is 0.173 e. The van der Waals surface area contributed by atoms with Gasteiger partial charge in [0, 0.05) is 28.8 Å². The maximum Gasteiger partial charge on any atom is 0.173 e. The summed E-state index contributed by atoms with van der Waals surface area (Å²) in [5.41, 5.74) is 0.841. The fourth-order valence-electron chi connectivity index (χ4n) is 2.66. The first-order chi connectivity index (χ1) is 8.94. The van der Waals surface area contributed by atoms with E-state index < -0.39 is 0 Å². The molecule has 19 heavy (non-hydrogen) atoms. The average molecular weight is 317 g/mol. The molecule has 2 rings (SSSR count). The summed E-state index contributed by atoms with van der Waals surface area (Å²) in [6, 6.07) is 5.37. The van der Waals surface area contributed by atoms with Crippen LogP contribution in [0.15, 0.2) is 18.2 Å². The molecule has 0 bridgehead atoms. The van der Waals surface area contributed by atoms with Crippen molar-refractivity contribution in [3.05, 3.63) is 28.2 Å². The first kappa shape index (κ1) is 14.9. The van der Waals surface area contributed by atoms with Crippen molar-refractivity contribution in [2.45, 2.75) is 20.3 Å². The van der Waals surface area contributed by atoms with Gasteiger partial charge in [-0.15, -0.1) is 0 Å². The van der Waals surface area contributed by atoms with E-state index in [4.69, 9.17) is 35.4 Å². The van der Waals surface area contributed by atoms with Crippen LogP contribution in [0.2, 0.25) is 10.0 Å². The van der Waals surface area contributed by atoms with Crippen molar-refractivity contribution in [2.24, 2.45) is 11.8 Å². The van der Waals surface area contributed by atoms with E-state index in [2.05, 4.69) is 24.1 Å². The Balaban J connectivity index is 2.04. The quantitative estimate of drug-likeness (QED) is 0.758. The van der Waals surface area contributed by atoms with E-state index in [0.29, 0.717) is 21.9 Å². The van der Waals surface area contributed by atoms with Crippen molar-refractivity contribution in [2.75, 3.05) is 18.4 Å². The second-order valence-electron chi connectivity index (χ2n) is 5.44. The summed E-state index contributed by atoms with van der Waals surface area (Å²) in [6.45, 7) is 6.54. The normalized spacial score (nSPS) is 23.3. The monoisotopic (exact) mass is 316 g/mol. The van der Waals surface area contributed by atoms with E-state index in [1.807, 2.05) is 12.1 Å². The van der Waals surface area contributed by atoms with Crippen LogP contribution in [0.25, 0.3) is 0 Å². The molecule has 0 saturated carbocycles. The van der Waals surface area contributed by atoms with Gasteiger partial charge in [-0.25, -0.2) is 0 Å². The van der Waals surface area contributed by atoms with Gasteiger partial charge in [-0.2, -0.15) is 0 Å². The van der Waals surface area contributed by atoms with Crippen molar-refractivity contribution >= 4 is 46.2 Å². The van der Waals surface area contributed by atoms with Crippen molar-refractivity contribution < 1.29 is 0 Å². The van der Waals surface area contributed by atoms with Crippen LogP contribution in [-0.2, 0) is 0 Å². The third kappa shape index (κ3) is 4.23. The van der Waals surface area contributed by atoms with E-state index in [-0.39, 0.29) is 0 Å². The summed E-state index contributed by atoms with van der Waals surface area (Å²) in [5.74, 6) is 1.35. The second-order valence-corrected chi connectivity index (χ2v) is 6.70. The molecule has 1 heterocycles. The van der Waals surface area contributed by atoms with E-state index >= 15 is 0 Å². The highest BCUT2D eigenvalue weighted by Gasteiger charge is 2.23. The molecule has 1 N–H and O–H groups in total. The van der Waals surface area contributed by atoms with Gasteiger partial charge in [0.15, 0.2) is 5.11 Å². The topological polar surface area (TPSA) is 15.3 Å². The first-order valence-corrected chi connectivity index (χ1v) is 7.62. The molecule has 1 aliphatic rings. The number of benzene rings is 1. The lowest BCUT2D eigenvalue weighted by atomic mass is 9.92. The Morgan fingerprint density at radius 2 is 1.68 bits per heavy atom. The highest BCUT2D eigenvalue weighted by Crippen LogP contribution is 2.24. The molecular weight excluding hydrogens is 299 g/mol. The van der Waals surface area contributed by atoms with Crippen molar-refractivity contribution in [3.63, 3.8) is 0 Å². The Hall–Kier alpha value is -0.510. The van der Waals surface area contributed by atoms with Gasteiger partial charge in [0.05, 0.1) is 0 Å². The minimum atomic E-state index is 0.609. The Morgan fingerprint density at radius 3 is 2.21 bits per heavy atom. The van der Waals surface area contributed by atoms with Crippen LogP contribution in [0.4, 0.5) is 5.69 Å². The number of anilines is 1. The molecule has 0 radical (unpaired) electrons. The minimum absolute atomic E-state index is 0.609. The predicted molar refractivity (Wildman–Crippen MR) is 87.2 cm³/mol. The Kier molecular flexibility index (Phi) is 4.93. The molecule has 0 amide bonds. The van der Waals surface area contributed by atoms with Gasteiger partial charge in [0.1, 0.15) is 0 Å². The van der Waals surface area contributed by atoms with Crippen molar-refractivity contribution in [1.29, 1.82) is 0 Å². The van der Waals surface area contributed by atoms with Gasteiger partial charge in [0.25, 0.3) is 0 Å². The predicted octanol–water partition coefficient (Wildman–Crippen LogP) is 4.67. The lowest BCUT2D eigenvalue weighted by molar-refractivity contribution is 0.216. The van der Waals surface area contributed by atoms with Crippen LogP contribution in [0.5, 0.6) is 0 Å². The SMILES string of the molecule is CC1CC(C)CN(C(=S)Nc2cc(Cl)cc(Cl)c2)C1. The number of piperidine rings is 1. The Labute approximate surface area is 130 Å². The van der Waals surface area contributed by atoms with Gasteiger partial charge >= 0.3 is 0 Å². The molecule has 1 aromatic carbocycles. The lowest BCUT2D eigenvalue weighted by Crippen LogP contribution is -2.44. The van der Waals surface area contributed by atoms with Crippen LogP contribution in [0.1, 0.15) is 20.3 Å². The van der Waals surface area contributed by atoms with Gasteiger partial charge in [-0.05, 0) is 48.7 Å². The number of hydrogen-bond donors (Lipinski definition) is 1. The van der Waals surface area contributed by atoms with Crippen LogP contribution in [0, 0.1) is 11.8 Å². The molecule has 0 spiro atoms. The molecule has 5 heteroatoms. The standard InChI is InChI=1S/C14H18Cl2N2S/c1-9-3-10(2)8-18(7-9)14(19)17-13-5-11(15)4-12(16)6-13/h4-6,9-10H,3,7-8H2,1-2H3,(H,17,19). The van der Waals surface area contributed by atoms with E-state index in [9.17, 15) is 0 Å². The maximum atomic E-state index is 5.98. The van der Waals surface area contributed by atoms with Gasteiger partial charge in [0.2, 0.25) is 0 Å². The zero-order chi connectivity index (χ0) is 14.0. The molecule has 0 aromatic heterocycles. The fraction of sp³-hybridized carbons (Fsp3) is 0.500. The van der Waals surface area contributed by atoms with E-state index in [1.54, 1.807) is 6.07 Å². The van der Waals surface area contributed by atoms with Crippen LogP contribution >= 0.6 is 35.4 Å². The van der Waals surface area contributed by atoms with E-state index in [0.717, 1.165) is 23.9 Å². The third-order valence-electron chi connectivity index (χ3n) is 3.27. The highest BCUT2D eigenvalue weighted by atomic mass is 35.5. The number of hydrogen-bond acceptors (Lipinski definition) is 1. The zero-order valence-electron chi connectivity index (χ0n) is 11.1. The molecule has 1 aromatic rings. The summed E-state index contributed by atoms with van der Waals surface area (Å²) >= 11 is 17.4. The molecule has 1 fully saturated rings. The van der Waals surface area contributed by atoms with Crippen LogP contribution < -0.4 is 5.32 Å². The number of thiocarbonyl (C=S) groups is 1. The summed E-state index contributed by atoms with van der Waals surface area (Å²) in [6.07, 6.45) is 1.27. The highest BCUT2D eigenvalue weighted by molar-refractivity contribution is 7.80. The van der Waals surface area contributed by atoms with Gasteiger partial charge < -0.3 is 10.2 Å². The summed E-state index contributed by atoms with van der Waals surface area (Å²) in [4.78, 5) is 2.23. The number of likely N-dealkylation sites (tertiary alicyclic amines) is 1. The number of nitrogens with zero attached hydrogens (tertiary/aromatic N) is 1. The molecule has 104 valence electrons. The molecule has 2 nitrogen and oxygen atoms in total. The number of rotatable bonds is 1. The maximum absolute atomic E-state index is 5.98. The summed E-state index contributed by atoms with van der Waals surface area (Å²) in [7, 11) is 0. The zero-order valence-corrected chi connectivity index (χ0v) is 13.4. The average Bonchev–Trinajstić information content (AvgIpc) is 2.25. The Morgan fingerprint density at radius 1 is 1.16 bits per heavy atom. The molecule has 2 atom stereocenters. The van der Waals surface area contributed by atoms with Crippen molar-refractivity contribution in [1.82, 2.24) is 4.90 Å². The van der Waals surface area contributed by atoms with E-state index in [1.165, 1.54) is 6.42 Å². The Bertz CT molecular complexity index is 448. The molecule has 1 saturated heterocycles. The second kappa shape index (κ2) is 6.29. The molecular formula is C14H18Cl2N2S. The van der Waals surface area contributed by atoms with Gasteiger partial charge in [-0.1, -0.05) is 37.0 Å². The number of halogens is 2.